The Hall–Kier alpha value is -6.40. The number of carbonyl (C=O) groups is 2. The highest BCUT2D eigenvalue weighted by Crippen LogP contribution is 2.34. The van der Waals surface area contributed by atoms with Crippen LogP contribution >= 0.6 is 11.6 Å². The van der Waals surface area contributed by atoms with Gasteiger partial charge >= 0.3 is 6.18 Å². The van der Waals surface area contributed by atoms with E-state index in [1.807, 2.05) is 48.2 Å². The third-order valence-electron chi connectivity index (χ3n) is 10.1. The monoisotopic (exact) mass is 828 g/mol. The fourth-order valence-corrected chi connectivity index (χ4v) is 7.38. The zero-order chi connectivity index (χ0) is 41.4. The lowest BCUT2D eigenvalue weighted by atomic mass is 10.1. The predicted octanol–water partition coefficient (Wildman–Crippen LogP) is 5.50. The van der Waals surface area contributed by atoms with Gasteiger partial charge < -0.3 is 29.2 Å². The van der Waals surface area contributed by atoms with E-state index in [0.29, 0.717) is 30.2 Å². The summed E-state index contributed by atoms with van der Waals surface area (Å²) in [5, 5.41) is 6.89. The Morgan fingerprint density at radius 3 is 2.51 bits per heavy atom. The summed E-state index contributed by atoms with van der Waals surface area (Å²) in [6.07, 6.45) is -1.44. The molecule has 0 atom stereocenters. The fraction of sp³-hybridized carbons (Fsp3) is 0.300. The van der Waals surface area contributed by atoms with Crippen LogP contribution in [0.15, 0.2) is 71.9 Å². The van der Waals surface area contributed by atoms with Crippen molar-refractivity contribution >= 4 is 40.6 Å². The first-order valence-corrected chi connectivity index (χ1v) is 19.0. The van der Waals surface area contributed by atoms with Crippen LogP contribution in [-0.4, -0.2) is 77.0 Å². The number of hydrogen-bond acceptors (Lipinski definition) is 11. The predicted molar refractivity (Wildman–Crippen MR) is 209 cm³/mol. The van der Waals surface area contributed by atoms with E-state index in [2.05, 4.69) is 25.4 Å². The van der Waals surface area contributed by atoms with Gasteiger partial charge in [0.15, 0.2) is 17.3 Å². The number of aromatic nitrogens is 7. The molecule has 0 bridgehead atoms. The smallest absolute Gasteiger partial charge is 0.416 e. The van der Waals surface area contributed by atoms with Crippen molar-refractivity contribution in [2.24, 2.45) is 0 Å². The average molecular weight is 829 g/mol. The fourth-order valence-electron chi connectivity index (χ4n) is 7.15. The van der Waals surface area contributed by atoms with E-state index in [1.54, 1.807) is 22.6 Å². The van der Waals surface area contributed by atoms with Crippen molar-refractivity contribution in [2.45, 2.75) is 52.8 Å². The lowest BCUT2D eigenvalue weighted by Crippen LogP contribution is -2.51. The Kier molecular flexibility index (Phi) is 10.8. The van der Waals surface area contributed by atoms with Gasteiger partial charge in [-0.05, 0) is 43.2 Å². The molecule has 8 rings (SSSR count). The van der Waals surface area contributed by atoms with E-state index >= 15 is 0 Å². The number of pyridine rings is 1. The highest BCUT2D eigenvalue weighted by Gasteiger charge is 2.33. The minimum Gasteiger partial charge on any atom is -0.485 e. The van der Waals surface area contributed by atoms with E-state index in [9.17, 15) is 27.6 Å². The van der Waals surface area contributed by atoms with Gasteiger partial charge in [-0.3, -0.25) is 19.4 Å². The second kappa shape index (κ2) is 16.1. The van der Waals surface area contributed by atoms with E-state index in [-0.39, 0.29) is 84.6 Å². The number of alkyl halides is 3. The number of fused-ring (bicyclic) bond motifs is 2. The van der Waals surface area contributed by atoms with Gasteiger partial charge in [0, 0.05) is 43.5 Å². The van der Waals surface area contributed by atoms with Crippen molar-refractivity contribution in [1.29, 1.82) is 0 Å². The van der Waals surface area contributed by atoms with Crippen LogP contribution < -0.4 is 20.5 Å². The van der Waals surface area contributed by atoms with Crippen molar-refractivity contribution < 1.29 is 32.2 Å². The number of ether oxygens (including phenoxy) is 2. The van der Waals surface area contributed by atoms with Gasteiger partial charge in [-0.15, -0.1) is 5.10 Å². The van der Waals surface area contributed by atoms with Gasteiger partial charge in [0.2, 0.25) is 11.7 Å². The number of nitrogens with zero attached hydrogens (tertiary/aromatic N) is 9. The Balaban J connectivity index is 1.10. The summed E-state index contributed by atoms with van der Waals surface area (Å²) >= 11 is 6.17. The minimum absolute atomic E-state index is 0.0260. The van der Waals surface area contributed by atoms with Gasteiger partial charge in [0.05, 0.1) is 46.6 Å². The molecule has 0 aliphatic carbocycles. The molecular weight excluding hydrogens is 793 g/mol. The Labute approximate surface area is 339 Å². The summed E-state index contributed by atoms with van der Waals surface area (Å²) in [7, 11) is 0. The maximum absolute atomic E-state index is 14.5. The van der Waals surface area contributed by atoms with Crippen LogP contribution in [0.3, 0.4) is 0 Å². The molecule has 6 heterocycles. The summed E-state index contributed by atoms with van der Waals surface area (Å²) in [6, 6.07) is 14.0. The van der Waals surface area contributed by atoms with Crippen LogP contribution in [0.1, 0.15) is 51.2 Å². The summed E-state index contributed by atoms with van der Waals surface area (Å²) < 4.78 is 54.2. The highest BCUT2D eigenvalue weighted by molar-refractivity contribution is 6.33. The second-order valence-electron chi connectivity index (χ2n) is 13.9. The molecule has 1 N–H and O–H groups in total. The van der Waals surface area contributed by atoms with Gasteiger partial charge in [-0.1, -0.05) is 48.9 Å². The lowest BCUT2D eigenvalue weighted by Gasteiger charge is -2.36. The minimum atomic E-state index is -4.62. The van der Waals surface area contributed by atoms with Crippen LogP contribution in [0.25, 0.3) is 17.2 Å². The number of nitrogens with one attached hydrogen (secondary N) is 1. The second-order valence-corrected chi connectivity index (χ2v) is 14.3. The van der Waals surface area contributed by atoms with Crippen LogP contribution in [0.4, 0.5) is 24.5 Å². The number of rotatable bonds is 10. The number of hydrogen-bond donors (Lipinski definition) is 1. The largest absolute Gasteiger partial charge is 0.485 e. The van der Waals surface area contributed by atoms with Crippen molar-refractivity contribution in [2.75, 3.05) is 36.4 Å². The van der Waals surface area contributed by atoms with Crippen molar-refractivity contribution in [3.63, 3.8) is 0 Å². The molecule has 0 radical (unpaired) electrons. The first-order chi connectivity index (χ1) is 28.4. The maximum atomic E-state index is 14.5. The zero-order valence-corrected chi connectivity index (χ0v) is 32.5. The molecule has 0 saturated carbocycles. The number of piperazine rings is 1. The molecule has 1 saturated heterocycles. The standard InChI is InChI=1S/C40H36ClF3N10O5/c1-3-31-34(51-11-13-52(14-12-51)37(56)33-35(23(2)46-22-47-33)59-19-24-7-5-4-6-8-24)38(57)54-39(49-36(50-54)25-15-26-20-58-21-30(26)45-17-25)53(31)18-32(55)48-29-10-9-27(16-28(29)41)40(42,43)44/h4-10,15-17,22H,3,11-14,18-21H2,1-2H3,(H,48,55). The van der Waals surface area contributed by atoms with Crippen LogP contribution in [0.2, 0.25) is 5.02 Å². The number of carbonyl (C=O) groups excluding carboxylic acids is 2. The Morgan fingerprint density at radius 2 is 1.78 bits per heavy atom. The number of aryl methyl sites for hydroxylation is 1. The topological polar surface area (TPSA) is 162 Å². The molecule has 0 spiro atoms. The number of amides is 2. The Bertz CT molecular complexity index is 2650. The molecule has 6 aromatic rings. The number of benzene rings is 2. The first-order valence-electron chi connectivity index (χ1n) is 18.7. The van der Waals surface area contributed by atoms with Crippen LogP contribution in [-0.2, 0) is 48.5 Å². The molecule has 4 aromatic heterocycles. The molecule has 2 aliphatic rings. The van der Waals surface area contributed by atoms with Gasteiger partial charge in [-0.2, -0.15) is 22.7 Å². The molecule has 2 aliphatic heterocycles. The number of halogens is 4. The summed E-state index contributed by atoms with van der Waals surface area (Å²) in [5.41, 5.74) is 2.97. The first kappa shape index (κ1) is 39.4. The maximum Gasteiger partial charge on any atom is 0.416 e. The van der Waals surface area contributed by atoms with E-state index in [1.165, 1.54) is 6.33 Å². The third kappa shape index (κ3) is 7.92. The molecule has 19 heteroatoms. The van der Waals surface area contributed by atoms with Crippen LogP contribution in [0, 0.1) is 6.92 Å². The zero-order valence-electron chi connectivity index (χ0n) is 31.8. The van der Waals surface area contributed by atoms with Crippen molar-refractivity contribution in [3.8, 4) is 17.1 Å². The molecule has 0 unspecified atom stereocenters. The third-order valence-corrected chi connectivity index (χ3v) is 10.5. The van der Waals surface area contributed by atoms with E-state index in [0.717, 1.165) is 39.5 Å². The number of anilines is 2. The van der Waals surface area contributed by atoms with Gasteiger partial charge in [0.1, 0.15) is 25.2 Å². The summed E-state index contributed by atoms with van der Waals surface area (Å²) in [6.45, 7) is 5.05. The SMILES string of the molecule is CCc1c(N2CCN(C(=O)c3ncnc(C)c3OCc3ccccc3)CC2)c(=O)n2nc(-c3cnc4c(c3)COC4)nc2n1CC(=O)Nc1ccc(C(F)(F)F)cc1Cl. The molecule has 304 valence electrons. The van der Waals surface area contributed by atoms with Gasteiger partial charge in [-0.25, -0.2) is 9.97 Å². The normalized spacial score (nSPS) is 14.1. The highest BCUT2D eigenvalue weighted by atomic mass is 35.5. The van der Waals surface area contributed by atoms with Crippen LogP contribution in [0.5, 0.6) is 5.75 Å². The Morgan fingerprint density at radius 1 is 1.00 bits per heavy atom. The molecule has 2 aromatic carbocycles. The molecular formula is C40H36ClF3N10O5. The van der Waals surface area contributed by atoms with Crippen molar-refractivity contribution in [3.05, 3.63) is 122 Å². The quantitative estimate of drug-likeness (QED) is 0.186. The summed E-state index contributed by atoms with van der Waals surface area (Å²) in [5.74, 6) is -0.458. The summed E-state index contributed by atoms with van der Waals surface area (Å²) in [4.78, 5) is 63.3. The molecule has 15 nitrogen and oxygen atoms in total. The van der Waals surface area contributed by atoms with E-state index < -0.39 is 29.8 Å². The van der Waals surface area contributed by atoms with E-state index in [4.69, 9.17) is 26.1 Å². The van der Waals surface area contributed by atoms with Gasteiger partial charge in [0.25, 0.3) is 11.5 Å². The molecule has 59 heavy (non-hydrogen) atoms. The molecule has 2 amide bonds. The lowest BCUT2D eigenvalue weighted by molar-refractivity contribution is -0.137. The van der Waals surface area contributed by atoms with Crippen molar-refractivity contribution in [1.82, 2.24) is 39.0 Å². The average Bonchev–Trinajstić information content (AvgIpc) is 3.90. The molecule has 1 fully saturated rings.